The lowest BCUT2D eigenvalue weighted by atomic mass is 10.2. The van der Waals surface area contributed by atoms with Gasteiger partial charge in [0.1, 0.15) is 12.4 Å². The summed E-state index contributed by atoms with van der Waals surface area (Å²) in [6, 6.07) is 6.22. The van der Waals surface area contributed by atoms with Crippen LogP contribution < -0.4 is 10.1 Å². The molecule has 0 aliphatic heterocycles. The van der Waals surface area contributed by atoms with E-state index in [0.717, 1.165) is 56.0 Å². The second-order valence-corrected chi connectivity index (χ2v) is 5.72. The lowest BCUT2D eigenvalue weighted by Crippen LogP contribution is -2.28. The molecule has 1 aromatic carbocycles. The molecule has 114 valence electrons. The van der Waals surface area contributed by atoms with Gasteiger partial charge in [0.05, 0.1) is 0 Å². The maximum atomic E-state index is 5.95. The van der Waals surface area contributed by atoms with E-state index < -0.39 is 0 Å². The van der Waals surface area contributed by atoms with Crippen LogP contribution in [0.5, 0.6) is 5.75 Å². The molecule has 1 rings (SSSR count). The number of ether oxygens (including phenoxy) is 1. The Bertz CT molecular complexity index is 381. The van der Waals surface area contributed by atoms with Crippen LogP contribution in [-0.2, 0) is 6.54 Å². The first kappa shape index (κ1) is 17.5. The standard InChI is InChI=1S/C16H27BrN2O/c1-4-9-18-13-14-12-15(17)7-8-16(14)20-11-10-19(5-2)6-3/h7-8,12,18H,4-6,9-11,13H2,1-3H3. The van der Waals surface area contributed by atoms with Gasteiger partial charge in [-0.05, 0) is 44.3 Å². The van der Waals surface area contributed by atoms with E-state index in [4.69, 9.17) is 4.74 Å². The molecule has 0 fully saturated rings. The fourth-order valence-electron chi connectivity index (χ4n) is 2.05. The van der Waals surface area contributed by atoms with E-state index in [0.29, 0.717) is 0 Å². The average Bonchev–Trinajstić information content (AvgIpc) is 2.46. The van der Waals surface area contributed by atoms with Crippen LogP contribution in [0.1, 0.15) is 32.8 Å². The molecule has 0 bridgehead atoms. The Balaban J connectivity index is 2.54. The van der Waals surface area contributed by atoms with Gasteiger partial charge in [-0.1, -0.05) is 36.7 Å². The SMILES string of the molecule is CCCNCc1cc(Br)ccc1OCCN(CC)CC. The van der Waals surface area contributed by atoms with Gasteiger partial charge in [-0.25, -0.2) is 0 Å². The molecular weight excluding hydrogens is 316 g/mol. The van der Waals surface area contributed by atoms with Crippen molar-refractivity contribution in [2.45, 2.75) is 33.7 Å². The summed E-state index contributed by atoms with van der Waals surface area (Å²) in [5, 5.41) is 3.43. The summed E-state index contributed by atoms with van der Waals surface area (Å²) >= 11 is 3.53. The van der Waals surface area contributed by atoms with Gasteiger partial charge in [0, 0.05) is 23.1 Å². The zero-order valence-electron chi connectivity index (χ0n) is 12.9. The fourth-order valence-corrected chi connectivity index (χ4v) is 2.46. The summed E-state index contributed by atoms with van der Waals surface area (Å²) in [6.45, 7) is 12.3. The number of hydrogen-bond donors (Lipinski definition) is 1. The Morgan fingerprint density at radius 1 is 1.20 bits per heavy atom. The smallest absolute Gasteiger partial charge is 0.123 e. The molecule has 0 aliphatic rings. The Morgan fingerprint density at radius 2 is 1.95 bits per heavy atom. The summed E-state index contributed by atoms with van der Waals surface area (Å²) in [6.07, 6.45) is 1.14. The second kappa shape index (κ2) is 10.2. The highest BCUT2D eigenvalue weighted by atomic mass is 79.9. The first-order valence-electron chi connectivity index (χ1n) is 7.55. The van der Waals surface area contributed by atoms with Gasteiger partial charge in [-0.2, -0.15) is 0 Å². The minimum absolute atomic E-state index is 0.740. The summed E-state index contributed by atoms with van der Waals surface area (Å²) in [5.41, 5.74) is 1.22. The lowest BCUT2D eigenvalue weighted by Gasteiger charge is -2.19. The Morgan fingerprint density at radius 3 is 2.60 bits per heavy atom. The van der Waals surface area contributed by atoms with Crippen LogP contribution >= 0.6 is 15.9 Å². The number of rotatable bonds is 10. The van der Waals surface area contributed by atoms with Crippen molar-refractivity contribution in [2.75, 3.05) is 32.8 Å². The number of likely N-dealkylation sites (N-methyl/N-ethyl adjacent to an activating group) is 1. The molecular formula is C16H27BrN2O. The molecule has 0 saturated heterocycles. The molecule has 0 spiro atoms. The van der Waals surface area contributed by atoms with Crippen LogP contribution in [0.4, 0.5) is 0 Å². The minimum atomic E-state index is 0.740. The Hall–Kier alpha value is -0.580. The molecule has 4 heteroatoms. The number of benzene rings is 1. The molecule has 0 atom stereocenters. The van der Waals surface area contributed by atoms with Crippen LogP contribution in [0.15, 0.2) is 22.7 Å². The number of nitrogens with one attached hydrogen (secondary N) is 1. The fraction of sp³-hybridized carbons (Fsp3) is 0.625. The van der Waals surface area contributed by atoms with Gasteiger partial charge in [0.2, 0.25) is 0 Å². The predicted molar refractivity (Wildman–Crippen MR) is 89.4 cm³/mol. The molecule has 0 heterocycles. The van der Waals surface area contributed by atoms with Crippen molar-refractivity contribution in [2.24, 2.45) is 0 Å². The third kappa shape index (κ3) is 6.25. The molecule has 0 unspecified atom stereocenters. The zero-order valence-corrected chi connectivity index (χ0v) is 14.5. The van der Waals surface area contributed by atoms with Gasteiger partial charge in [-0.3, -0.25) is 0 Å². The van der Waals surface area contributed by atoms with Gasteiger partial charge in [-0.15, -0.1) is 0 Å². The van der Waals surface area contributed by atoms with Gasteiger partial charge in [0.25, 0.3) is 0 Å². The van der Waals surface area contributed by atoms with Crippen molar-refractivity contribution in [1.29, 1.82) is 0 Å². The van der Waals surface area contributed by atoms with Crippen molar-refractivity contribution >= 4 is 15.9 Å². The Labute approximate surface area is 131 Å². The Kier molecular flexibility index (Phi) is 8.90. The number of hydrogen-bond acceptors (Lipinski definition) is 3. The largest absolute Gasteiger partial charge is 0.492 e. The molecule has 0 aromatic heterocycles. The normalized spacial score (nSPS) is 11.1. The monoisotopic (exact) mass is 342 g/mol. The predicted octanol–water partition coefficient (Wildman–Crippen LogP) is 3.67. The van der Waals surface area contributed by atoms with Crippen LogP contribution in [0.3, 0.4) is 0 Å². The third-order valence-corrected chi connectivity index (χ3v) is 3.82. The van der Waals surface area contributed by atoms with E-state index in [1.165, 1.54) is 5.56 Å². The first-order valence-corrected chi connectivity index (χ1v) is 8.34. The quantitative estimate of drug-likeness (QED) is 0.656. The van der Waals surface area contributed by atoms with E-state index in [1.807, 2.05) is 6.07 Å². The van der Waals surface area contributed by atoms with Crippen molar-refractivity contribution in [3.05, 3.63) is 28.2 Å². The van der Waals surface area contributed by atoms with Gasteiger partial charge in [0.15, 0.2) is 0 Å². The van der Waals surface area contributed by atoms with E-state index in [2.05, 4.69) is 59.1 Å². The molecule has 1 aromatic rings. The van der Waals surface area contributed by atoms with E-state index in [-0.39, 0.29) is 0 Å². The van der Waals surface area contributed by atoms with Crippen molar-refractivity contribution in [3.63, 3.8) is 0 Å². The van der Waals surface area contributed by atoms with Crippen LogP contribution in [0.2, 0.25) is 0 Å². The molecule has 0 aliphatic carbocycles. The van der Waals surface area contributed by atoms with E-state index in [1.54, 1.807) is 0 Å². The first-order chi connectivity index (χ1) is 9.71. The van der Waals surface area contributed by atoms with Crippen molar-refractivity contribution < 1.29 is 4.74 Å². The highest BCUT2D eigenvalue weighted by Crippen LogP contribution is 2.23. The molecule has 20 heavy (non-hydrogen) atoms. The molecule has 0 saturated carbocycles. The summed E-state index contributed by atoms with van der Waals surface area (Å²) in [4.78, 5) is 2.37. The average molecular weight is 343 g/mol. The van der Waals surface area contributed by atoms with E-state index in [9.17, 15) is 0 Å². The highest BCUT2D eigenvalue weighted by Gasteiger charge is 2.05. The number of halogens is 1. The topological polar surface area (TPSA) is 24.5 Å². The third-order valence-electron chi connectivity index (χ3n) is 3.32. The van der Waals surface area contributed by atoms with Gasteiger partial charge >= 0.3 is 0 Å². The molecule has 0 amide bonds. The maximum absolute atomic E-state index is 5.95. The van der Waals surface area contributed by atoms with Crippen LogP contribution in [0, 0.1) is 0 Å². The molecule has 0 radical (unpaired) electrons. The van der Waals surface area contributed by atoms with Crippen LogP contribution in [0.25, 0.3) is 0 Å². The summed E-state index contributed by atoms with van der Waals surface area (Å²) in [5.74, 6) is 0.990. The van der Waals surface area contributed by atoms with E-state index >= 15 is 0 Å². The summed E-state index contributed by atoms with van der Waals surface area (Å²) < 4.78 is 7.05. The molecule has 1 N–H and O–H groups in total. The van der Waals surface area contributed by atoms with Crippen molar-refractivity contribution in [3.8, 4) is 5.75 Å². The number of nitrogens with zero attached hydrogens (tertiary/aromatic N) is 1. The van der Waals surface area contributed by atoms with Gasteiger partial charge < -0.3 is 15.0 Å². The van der Waals surface area contributed by atoms with Crippen LogP contribution in [-0.4, -0.2) is 37.7 Å². The second-order valence-electron chi connectivity index (χ2n) is 4.80. The minimum Gasteiger partial charge on any atom is -0.492 e. The maximum Gasteiger partial charge on any atom is 0.123 e. The highest BCUT2D eigenvalue weighted by molar-refractivity contribution is 9.10. The molecule has 3 nitrogen and oxygen atoms in total. The summed E-state index contributed by atoms with van der Waals surface area (Å²) in [7, 11) is 0. The van der Waals surface area contributed by atoms with Crippen molar-refractivity contribution in [1.82, 2.24) is 10.2 Å². The lowest BCUT2D eigenvalue weighted by molar-refractivity contribution is 0.221. The zero-order chi connectivity index (χ0) is 14.8.